The Balaban J connectivity index is 1.95. The van der Waals surface area contributed by atoms with Crippen LogP contribution >= 0.6 is 11.8 Å². The van der Waals surface area contributed by atoms with Crippen LogP contribution in [-0.2, 0) is 17.8 Å². The quantitative estimate of drug-likeness (QED) is 0.200. The fourth-order valence-corrected chi connectivity index (χ4v) is 4.24. The van der Waals surface area contributed by atoms with Gasteiger partial charge >= 0.3 is 0 Å². The Bertz CT molecular complexity index is 1130. The zero-order valence-electron chi connectivity index (χ0n) is 18.4. The molecule has 8 nitrogen and oxygen atoms in total. The Morgan fingerprint density at radius 3 is 2.61 bits per heavy atom. The molecule has 172 valence electrons. The molecule has 0 radical (unpaired) electrons. The fraction of sp³-hybridized carbons (Fsp3) is 0.250. The van der Waals surface area contributed by atoms with Gasteiger partial charge < -0.3 is 9.47 Å². The summed E-state index contributed by atoms with van der Waals surface area (Å²) in [5.74, 6) is 0.659. The van der Waals surface area contributed by atoms with Crippen molar-refractivity contribution in [2.24, 2.45) is 0 Å². The molecular formula is C24H24N2O6S. The lowest BCUT2D eigenvalue weighted by molar-refractivity contribution is -0.384. The van der Waals surface area contributed by atoms with Crippen LogP contribution in [0.3, 0.4) is 0 Å². The van der Waals surface area contributed by atoms with Gasteiger partial charge in [0.05, 0.1) is 16.4 Å². The monoisotopic (exact) mass is 468 g/mol. The molecule has 2 amide bonds. The van der Waals surface area contributed by atoms with Gasteiger partial charge in [-0.3, -0.25) is 24.6 Å². The van der Waals surface area contributed by atoms with Crippen molar-refractivity contribution in [1.29, 1.82) is 0 Å². The smallest absolute Gasteiger partial charge is 0.293 e. The van der Waals surface area contributed by atoms with Crippen LogP contribution in [0.25, 0.3) is 6.08 Å². The van der Waals surface area contributed by atoms with E-state index in [1.54, 1.807) is 37.3 Å². The summed E-state index contributed by atoms with van der Waals surface area (Å²) in [7, 11) is 0. The van der Waals surface area contributed by atoms with E-state index in [1.165, 1.54) is 17.0 Å². The van der Waals surface area contributed by atoms with E-state index in [4.69, 9.17) is 9.47 Å². The highest BCUT2D eigenvalue weighted by molar-refractivity contribution is 8.18. The van der Waals surface area contributed by atoms with Gasteiger partial charge in [-0.05, 0) is 61.4 Å². The molecule has 33 heavy (non-hydrogen) atoms. The van der Waals surface area contributed by atoms with E-state index in [1.807, 2.05) is 13.0 Å². The van der Waals surface area contributed by atoms with Crippen molar-refractivity contribution in [1.82, 2.24) is 4.90 Å². The van der Waals surface area contributed by atoms with Gasteiger partial charge in [0.25, 0.3) is 16.8 Å². The Morgan fingerprint density at radius 2 is 1.97 bits per heavy atom. The number of thioether (sulfide) groups is 1. The number of nitro benzene ring substituents is 1. The Labute approximate surface area is 196 Å². The Kier molecular flexibility index (Phi) is 7.89. The number of hydrogen-bond donors (Lipinski definition) is 0. The van der Waals surface area contributed by atoms with E-state index in [2.05, 4.69) is 6.58 Å². The third-order valence-electron chi connectivity index (χ3n) is 4.81. The molecule has 1 saturated heterocycles. The number of ether oxygens (including phenoxy) is 2. The number of benzene rings is 2. The minimum atomic E-state index is -0.451. The van der Waals surface area contributed by atoms with Crippen LogP contribution in [0.15, 0.2) is 54.0 Å². The highest BCUT2D eigenvalue weighted by Gasteiger charge is 2.33. The summed E-state index contributed by atoms with van der Waals surface area (Å²) in [5.41, 5.74) is 2.11. The Morgan fingerprint density at radius 1 is 1.18 bits per heavy atom. The largest absolute Gasteiger partial charge is 0.490 e. The number of carbonyl (C=O) groups excluding carboxylic acids is 2. The van der Waals surface area contributed by atoms with Crippen LogP contribution in [0, 0.1) is 10.1 Å². The molecule has 2 aromatic rings. The van der Waals surface area contributed by atoms with Crippen LogP contribution < -0.4 is 9.47 Å². The van der Waals surface area contributed by atoms with Gasteiger partial charge in [0.2, 0.25) is 0 Å². The number of nitro groups is 1. The number of rotatable bonds is 10. The van der Waals surface area contributed by atoms with Crippen molar-refractivity contribution in [3.8, 4) is 11.5 Å². The third kappa shape index (κ3) is 5.61. The molecule has 1 fully saturated rings. The SMILES string of the molecule is C=CCc1cc(/C=C2/SC(=O)N(CC)C2=O)cc(OCC)c1OCc1cccc([N+](=O)[O-])c1. The standard InChI is InChI=1S/C24H24N2O6S/c1-4-8-18-11-17(14-21-23(27)25(5-2)24(28)33-21)13-20(31-6-3)22(18)32-15-16-9-7-10-19(12-16)26(29)30/h4,7,9-14H,1,5-6,8,15H2,2-3H3/b21-14+. The highest BCUT2D eigenvalue weighted by Crippen LogP contribution is 2.37. The molecule has 0 spiro atoms. The topological polar surface area (TPSA) is 99.0 Å². The molecule has 0 saturated carbocycles. The highest BCUT2D eigenvalue weighted by atomic mass is 32.2. The first kappa shape index (κ1) is 24.1. The van der Waals surface area contributed by atoms with E-state index < -0.39 is 4.92 Å². The average molecular weight is 469 g/mol. The van der Waals surface area contributed by atoms with E-state index >= 15 is 0 Å². The van der Waals surface area contributed by atoms with Crippen LogP contribution in [-0.4, -0.2) is 34.1 Å². The first-order valence-corrected chi connectivity index (χ1v) is 11.2. The maximum Gasteiger partial charge on any atom is 0.293 e. The summed E-state index contributed by atoms with van der Waals surface area (Å²) in [6, 6.07) is 9.85. The molecule has 0 aliphatic carbocycles. The second-order valence-corrected chi connectivity index (χ2v) is 8.07. The van der Waals surface area contributed by atoms with Crippen LogP contribution in [0.4, 0.5) is 10.5 Å². The van der Waals surface area contributed by atoms with Gasteiger partial charge in [-0.1, -0.05) is 18.2 Å². The molecule has 3 rings (SSSR count). The average Bonchev–Trinajstić information content (AvgIpc) is 3.05. The minimum absolute atomic E-state index is 0.0104. The lowest BCUT2D eigenvalue weighted by Crippen LogP contribution is -2.27. The molecule has 0 unspecified atom stereocenters. The summed E-state index contributed by atoms with van der Waals surface area (Å²) in [6.07, 6.45) is 3.86. The number of amides is 2. The molecule has 1 aliphatic rings. The van der Waals surface area contributed by atoms with Gasteiger partial charge in [0, 0.05) is 24.2 Å². The van der Waals surface area contributed by atoms with Gasteiger partial charge in [-0.2, -0.15) is 0 Å². The second-order valence-electron chi connectivity index (χ2n) is 7.07. The summed E-state index contributed by atoms with van der Waals surface area (Å²) < 4.78 is 11.8. The van der Waals surface area contributed by atoms with Crippen molar-refractivity contribution in [2.75, 3.05) is 13.2 Å². The zero-order chi connectivity index (χ0) is 24.0. The summed E-state index contributed by atoms with van der Waals surface area (Å²) >= 11 is 0.906. The van der Waals surface area contributed by atoms with Crippen molar-refractivity contribution < 1.29 is 24.0 Å². The van der Waals surface area contributed by atoms with Gasteiger partial charge in [0.1, 0.15) is 6.61 Å². The molecule has 0 atom stereocenters. The third-order valence-corrected chi connectivity index (χ3v) is 5.72. The Hall–Kier alpha value is -3.59. The molecule has 0 bridgehead atoms. The molecule has 0 aromatic heterocycles. The zero-order valence-corrected chi connectivity index (χ0v) is 19.2. The lowest BCUT2D eigenvalue weighted by atomic mass is 10.0. The van der Waals surface area contributed by atoms with E-state index in [-0.39, 0.29) is 23.4 Å². The summed E-state index contributed by atoms with van der Waals surface area (Å²) in [4.78, 5) is 36.6. The molecule has 1 heterocycles. The number of allylic oxidation sites excluding steroid dienone is 1. The van der Waals surface area contributed by atoms with Crippen LogP contribution in [0.5, 0.6) is 11.5 Å². The summed E-state index contributed by atoms with van der Waals surface area (Å²) in [6.45, 7) is 8.21. The van der Waals surface area contributed by atoms with Crippen molar-refractivity contribution >= 4 is 34.7 Å². The van der Waals surface area contributed by atoms with Gasteiger partial charge in [0.15, 0.2) is 11.5 Å². The van der Waals surface area contributed by atoms with Crippen molar-refractivity contribution in [2.45, 2.75) is 26.9 Å². The first-order chi connectivity index (χ1) is 15.9. The fourth-order valence-electron chi connectivity index (χ4n) is 3.34. The number of nitrogens with zero attached hydrogens (tertiary/aromatic N) is 2. The van der Waals surface area contributed by atoms with E-state index in [9.17, 15) is 19.7 Å². The van der Waals surface area contributed by atoms with Crippen molar-refractivity contribution in [3.63, 3.8) is 0 Å². The predicted octanol–water partition coefficient (Wildman–Crippen LogP) is 5.36. The second kappa shape index (κ2) is 10.8. The maximum absolute atomic E-state index is 12.5. The molecule has 0 N–H and O–H groups in total. The number of hydrogen-bond acceptors (Lipinski definition) is 7. The molecule has 1 aliphatic heterocycles. The number of imide groups is 1. The number of likely N-dealkylation sites (N-methyl/N-ethyl adjacent to an activating group) is 1. The van der Waals surface area contributed by atoms with Crippen LogP contribution in [0.1, 0.15) is 30.5 Å². The van der Waals surface area contributed by atoms with Crippen molar-refractivity contribution in [3.05, 3.63) is 80.8 Å². The van der Waals surface area contributed by atoms with E-state index in [0.717, 1.165) is 17.3 Å². The molecule has 2 aromatic carbocycles. The normalized spacial score (nSPS) is 14.6. The first-order valence-electron chi connectivity index (χ1n) is 10.4. The number of non-ortho nitro benzene ring substituents is 1. The predicted molar refractivity (Wildman–Crippen MR) is 127 cm³/mol. The van der Waals surface area contributed by atoms with E-state index in [0.29, 0.717) is 47.1 Å². The molecule has 9 heteroatoms. The maximum atomic E-state index is 12.5. The number of carbonyl (C=O) groups is 2. The minimum Gasteiger partial charge on any atom is -0.490 e. The van der Waals surface area contributed by atoms with Crippen LogP contribution in [0.2, 0.25) is 0 Å². The molecular weight excluding hydrogens is 444 g/mol. The van der Waals surface area contributed by atoms with Gasteiger partial charge in [-0.25, -0.2) is 0 Å². The van der Waals surface area contributed by atoms with Gasteiger partial charge in [-0.15, -0.1) is 6.58 Å². The lowest BCUT2D eigenvalue weighted by Gasteiger charge is -2.17. The summed E-state index contributed by atoms with van der Waals surface area (Å²) in [5, 5.41) is 10.8.